The van der Waals surface area contributed by atoms with Gasteiger partial charge in [-0.1, -0.05) is 13.8 Å². The summed E-state index contributed by atoms with van der Waals surface area (Å²) >= 11 is 0. The Labute approximate surface area is 115 Å². The Hall–Kier alpha value is -2.11. The molecule has 0 fully saturated rings. The smallest absolute Gasteiger partial charge is 0.418 e. The van der Waals surface area contributed by atoms with Crippen molar-refractivity contribution in [1.29, 1.82) is 0 Å². The highest BCUT2D eigenvalue weighted by Crippen LogP contribution is 2.31. The van der Waals surface area contributed by atoms with Crippen LogP contribution in [0.1, 0.15) is 19.5 Å². The summed E-state index contributed by atoms with van der Waals surface area (Å²) in [5.74, 6) is -2.17. The number of aryl methyl sites for hydroxylation is 1. The van der Waals surface area contributed by atoms with Gasteiger partial charge in [0.25, 0.3) is 0 Å². The maximum atomic E-state index is 14.0. The Balaban J connectivity index is 0.000000956. The van der Waals surface area contributed by atoms with Crippen LogP contribution in [-0.4, -0.2) is 24.9 Å². The lowest BCUT2D eigenvalue weighted by Crippen LogP contribution is -2.12. The van der Waals surface area contributed by atoms with Gasteiger partial charge in [-0.05, 0) is 13.0 Å². The monoisotopic (exact) mass is 285 g/mol. The van der Waals surface area contributed by atoms with Crippen LogP contribution in [0.2, 0.25) is 0 Å². The number of rotatable bonds is 1. The van der Waals surface area contributed by atoms with Gasteiger partial charge in [-0.15, -0.1) is 0 Å². The normalized spacial score (nSPS) is 9.95. The molecule has 0 aliphatic rings. The Kier molecular flexibility index (Phi) is 5.07. The SMILES string of the molecule is CC.COC(=O)n1c(C)cc2c(F)c(OC)c(F)cc21. The number of nitrogens with zero attached hydrogens (tertiary/aromatic N) is 1. The molecule has 20 heavy (non-hydrogen) atoms. The summed E-state index contributed by atoms with van der Waals surface area (Å²) in [5, 5.41) is 0.108. The van der Waals surface area contributed by atoms with Gasteiger partial charge in [-0.25, -0.2) is 18.1 Å². The molecule has 0 atom stereocenters. The van der Waals surface area contributed by atoms with Crippen molar-refractivity contribution in [3.63, 3.8) is 0 Å². The third kappa shape index (κ3) is 2.45. The van der Waals surface area contributed by atoms with Gasteiger partial charge in [0.05, 0.1) is 19.7 Å². The van der Waals surface area contributed by atoms with Crippen LogP contribution in [-0.2, 0) is 4.74 Å². The number of aromatic nitrogens is 1. The molecule has 4 nitrogen and oxygen atoms in total. The van der Waals surface area contributed by atoms with Gasteiger partial charge in [0, 0.05) is 17.1 Å². The van der Waals surface area contributed by atoms with E-state index in [2.05, 4.69) is 9.47 Å². The third-order valence-corrected chi connectivity index (χ3v) is 2.70. The predicted molar refractivity (Wildman–Crippen MR) is 72.3 cm³/mol. The molecule has 2 aromatic rings. The number of carbonyl (C=O) groups is 1. The zero-order valence-electron chi connectivity index (χ0n) is 12.1. The van der Waals surface area contributed by atoms with Gasteiger partial charge in [0.15, 0.2) is 17.4 Å². The van der Waals surface area contributed by atoms with Crippen LogP contribution in [0, 0.1) is 18.6 Å². The van der Waals surface area contributed by atoms with E-state index in [1.807, 2.05) is 13.8 Å². The van der Waals surface area contributed by atoms with E-state index >= 15 is 0 Å². The molecule has 110 valence electrons. The Morgan fingerprint density at radius 2 is 1.80 bits per heavy atom. The fourth-order valence-electron chi connectivity index (χ4n) is 1.91. The van der Waals surface area contributed by atoms with Crippen LogP contribution in [0.3, 0.4) is 0 Å². The molecular formula is C14H17F2NO3. The Bertz CT molecular complexity index is 635. The first-order chi connectivity index (χ1) is 9.51. The van der Waals surface area contributed by atoms with Crippen molar-refractivity contribution in [3.8, 4) is 5.75 Å². The Morgan fingerprint density at radius 3 is 2.30 bits per heavy atom. The van der Waals surface area contributed by atoms with Crippen molar-refractivity contribution in [1.82, 2.24) is 4.57 Å². The molecular weight excluding hydrogens is 268 g/mol. The summed E-state index contributed by atoms with van der Waals surface area (Å²) in [6.07, 6.45) is -0.702. The summed E-state index contributed by atoms with van der Waals surface area (Å²) < 4.78 is 37.9. The van der Waals surface area contributed by atoms with Gasteiger partial charge in [-0.3, -0.25) is 0 Å². The summed E-state index contributed by atoms with van der Waals surface area (Å²) in [6, 6.07) is 2.48. The van der Waals surface area contributed by atoms with Crippen LogP contribution in [0.4, 0.5) is 13.6 Å². The number of benzene rings is 1. The van der Waals surface area contributed by atoms with E-state index in [0.717, 1.165) is 10.6 Å². The number of hydrogen-bond acceptors (Lipinski definition) is 3. The maximum absolute atomic E-state index is 14.0. The first-order valence-corrected chi connectivity index (χ1v) is 6.13. The topological polar surface area (TPSA) is 40.5 Å². The van der Waals surface area contributed by atoms with Gasteiger partial charge in [-0.2, -0.15) is 0 Å². The van der Waals surface area contributed by atoms with Crippen molar-refractivity contribution in [2.75, 3.05) is 14.2 Å². The second kappa shape index (κ2) is 6.36. The molecule has 0 spiro atoms. The molecule has 0 bridgehead atoms. The summed E-state index contributed by atoms with van der Waals surface area (Å²) in [5.41, 5.74) is 0.554. The quantitative estimate of drug-likeness (QED) is 0.798. The van der Waals surface area contributed by atoms with Gasteiger partial charge in [0.2, 0.25) is 0 Å². The summed E-state index contributed by atoms with van der Waals surface area (Å²) in [4.78, 5) is 11.6. The Morgan fingerprint density at radius 1 is 1.20 bits per heavy atom. The van der Waals surface area contributed by atoms with E-state index in [-0.39, 0.29) is 10.9 Å². The molecule has 1 aromatic carbocycles. The van der Waals surface area contributed by atoms with Gasteiger partial charge >= 0.3 is 6.09 Å². The lowest BCUT2D eigenvalue weighted by molar-refractivity contribution is 0.173. The number of carbonyl (C=O) groups excluding carboxylic acids is 1. The highest BCUT2D eigenvalue weighted by Gasteiger charge is 2.21. The molecule has 0 aliphatic carbocycles. The van der Waals surface area contributed by atoms with E-state index in [9.17, 15) is 13.6 Å². The zero-order chi connectivity index (χ0) is 15.4. The second-order valence-electron chi connectivity index (χ2n) is 3.73. The molecule has 1 aromatic heterocycles. The fourth-order valence-corrected chi connectivity index (χ4v) is 1.91. The molecule has 2 rings (SSSR count). The second-order valence-corrected chi connectivity index (χ2v) is 3.73. The maximum Gasteiger partial charge on any atom is 0.418 e. The van der Waals surface area contributed by atoms with E-state index < -0.39 is 23.5 Å². The minimum absolute atomic E-state index is 0.107. The number of hydrogen-bond donors (Lipinski definition) is 0. The standard InChI is InChI=1S/C12H11F2NO3.C2H6/c1-6-4-7-9(15(6)12(16)18-3)5-8(13)11(17-2)10(7)14;1-2/h4-5H,1-3H3;1-2H3. The number of methoxy groups -OCH3 is 2. The molecule has 0 unspecified atom stereocenters. The number of halogens is 2. The van der Waals surface area contributed by atoms with E-state index in [1.54, 1.807) is 6.92 Å². The lowest BCUT2D eigenvalue weighted by atomic mass is 10.2. The molecule has 0 N–H and O–H groups in total. The minimum Gasteiger partial charge on any atom is -0.491 e. The van der Waals surface area contributed by atoms with Crippen LogP contribution >= 0.6 is 0 Å². The summed E-state index contributed by atoms with van der Waals surface area (Å²) in [6.45, 7) is 5.60. The van der Waals surface area contributed by atoms with Crippen LogP contribution < -0.4 is 4.74 Å². The lowest BCUT2D eigenvalue weighted by Gasteiger charge is -2.07. The predicted octanol–water partition coefficient (Wildman–Crippen LogP) is 3.88. The van der Waals surface area contributed by atoms with Crippen molar-refractivity contribution >= 4 is 17.0 Å². The van der Waals surface area contributed by atoms with Crippen molar-refractivity contribution < 1.29 is 23.0 Å². The highest BCUT2D eigenvalue weighted by atomic mass is 19.1. The first-order valence-electron chi connectivity index (χ1n) is 6.13. The van der Waals surface area contributed by atoms with Gasteiger partial charge < -0.3 is 9.47 Å². The van der Waals surface area contributed by atoms with E-state index in [4.69, 9.17) is 0 Å². The van der Waals surface area contributed by atoms with Crippen molar-refractivity contribution in [2.24, 2.45) is 0 Å². The number of ether oxygens (including phenoxy) is 2. The molecule has 0 aliphatic heterocycles. The molecule has 1 heterocycles. The zero-order valence-corrected chi connectivity index (χ0v) is 12.1. The molecule has 0 radical (unpaired) electrons. The van der Waals surface area contributed by atoms with E-state index in [1.165, 1.54) is 20.3 Å². The van der Waals surface area contributed by atoms with Crippen molar-refractivity contribution in [2.45, 2.75) is 20.8 Å². The highest BCUT2D eigenvalue weighted by molar-refractivity contribution is 5.92. The van der Waals surface area contributed by atoms with E-state index in [0.29, 0.717) is 5.69 Å². The average Bonchev–Trinajstić information content (AvgIpc) is 2.77. The fraction of sp³-hybridized carbons (Fsp3) is 0.357. The number of fused-ring (bicyclic) bond motifs is 1. The molecule has 0 saturated carbocycles. The minimum atomic E-state index is -0.870. The van der Waals surface area contributed by atoms with Crippen LogP contribution in [0.15, 0.2) is 12.1 Å². The summed E-state index contributed by atoms with van der Waals surface area (Å²) in [7, 11) is 2.38. The van der Waals surface area contributed by atoms with Crippen LogP contribution in [0.5, 0.6) is 5.75 Å². The van der Waals surface area contributed by atoms with Crippen molar-refractivity contribution in [3.05, 3.63) is 29.5 Å². The molecule has 6 heteroatoms. The molecule has 0 saturated heterocycles. The first kappa shape index (κ1) is 15.9. The van der Waals surface area contributed by atoms with Gasteiger partial charge in [0.1, 0.15) is 0 Å². The average molecular weight is 285 g/mol. The largest absolute Gasteiger partial charge is 0.491 e. The third-order valence-electron chi connectivity index (χ3n) is 2.70. The molecule has 0 amide bonds. The van der Waals surface area contributed by atoms with Crippen LogP contribution in [0.25, 0.3) is 10.9 Å².